The molecule has 2 heterocycles. The molecular weight excluding hydrogens is 240 g/mol. The highest BCUT2D eigenvalue weighted by Crippen LogP contribution is 2.21. The van der Waals surface area contributed by atoms with Gasteiger partial charge in [-0.05, 0) is 50.2 Å². The lowest BCUT2D eigenvalue weighted by Crippen LogP contribution is -2.25. The second-order valence-corrected chi connectivity index (χ2v) is 5.10. The first-order chi connectivity index (χ1) is 9.35. The summed E-state index contributed by atoms with van der Waals surface area (Å²) >= 11 is 0. The van der Waals surface area contributed by atoms with Gasteiger partial charge in [0.25, 0.3) is 0 Å². The van der Waals surface area contributed by atoms with Crippen LogP contribution in [0.3, 0.4) is 0 Å². The van der Waals surface area contributed by atoms with Crippen molar-refractivity contribution in [3.8, 4) is 5.75 Å². The Morgan fingerprint density at radius 1 is 1.21 bits per heavy atom. The van der Waals surface area contributed by atoms with E-state index in [1.165, 1.54) is 25.9 Å². The molecule has 1 aromatic carbocycles. The third-order valence-electron chi connectivity index (χ3n) is 3.69. The molecule has 0 atom stereocenters. The van der Waals surface area contributed by atoms with Crippen molar-refractivity contribution in [3.63, 3.8) is 0 Å². The van der Waals surface area contributed by atoms with Crippen molar-refractivity contribution in [3.05, 3.63) is 30.0 Å². The maximum atomic E-state index is 9.10. The van der Waals surface area contributed by atoms with E-state index in [4.69, 9.17) is 9.84 Å². The minimum atomic E-state index is 0.0415. The van der Waals surface area contributed by atoms with Crippen LogP contribution in [0.5, 0.6) is 5.75 Å². The normalized spacial score (nSPS) is 16.3. The quantitative estimate of drug-likeness (QED) is 0.866. The van der Waals surface area contributed by atoms with E-state index >= 15 is 0 Å². The molecule has 0 aliphatic carbocycles. The van der Waals surface area contributed by atoms with Crippen LogP contribution in [0, 0.1) is 0 Å². The smallest absolute Gasteiger partial charge is 0.120 e. The predicted octanol–water partition coefficient (Wildman–Crippen LogP) is 2.13. The number of fused-ring (bicyclic) bond motifs is 1. The molecule has 0 radical (unpaired) electrons. The lowest BCUT2D eigenvalue weighted by atomic mass is 10.2. The molecule has 2 aromatic rings. The number of aliphatic hydroxyl groups excluding tert-OH is 1. The van der Waals surface area contributed by atoms with Crippen LogP contribution >= 0.6 is 0 Å². The zero-order chi connectivity index (χ0) is 13.1. The van der Waals surface area contributed by atoms with Crippen molar-refractivity contribution in [2.24, 2.45) is 0 Å². The first kappa shape index (κ1) is 12.5. The Kier molecular flexibility index (Phi) is 3.71. The van der Waals surface area contributed by atoms with Gasteiger partial charge in [-0.1, -0.05) is 0 Å². The number of aromatic amines is 1. The summed E-state index contributed by atoms with van der Waals surface area (Å²) in [6.07, 6.45) is 2.64. The molecule has 102 valence electrons. The molecule has 3 rings (SSSR count). The molecular formula is C15H20N2O2. The highest BCUT2D eigenvalue weighted by atomic mass is 16.5. The zero-order valence-corrected chi connectivity index (χ0v) is 11.1. The summed E-state index contributed by atoms with van der Waals surface area (Å²) in [5.41, 5.74) is 1.88. The number of ether oxygens (including phenoxy) is 1. The highest BCUT2D eigenvalue weighted by Gasteiger charge is 2.10. The Bertz CT molecular complexity index is 544. The average molecular weight is 260 g/mol. The summed E-state index contributed by atoms with van der Waals surface area (Å²) in [6, 6.07) is 7.96. The fraction of sp³-hybridized carbons (Fsp3) is 0.467. The fourth-order valence-corrected chi connectivity index (χ4v) is 2.64. The molecule has 4 nitrogen and oxygen atoms in total. The van der Waals surface area contributed by atoms with E-state index in [0.29, 0.717) is 0 Å². The Hall–Kier alpha value is -1.52. The highest BCUT2D eigenvalue weighted by molar-refractivity contribution is 5.81. The van der Waals surface area contributed by atoms with E-state index in [0.717, 1.165) is 35.5 Å². The topological polar surface area (TPSA) is 48.5 Å². The summed E-state index contributed by atoms with van der Waals surface area (Å²) in [5, 5.41) is 10.2. The number of aliphatic hydroxyl groups is 1. The standard InChI is InChI=1S/C15H20N2O2/c18-11-13-9-12-10-14(3-4-15(12)16-13)19-8-7-17-5-1-2-6-17/h3-4,9-10,16,18H,1-2,5-8,11H2. The first-order valence-corrected chi connectivity index (χ1v) is 6.93. The van der Waals surface area contributed by atoms with Gasteiger partial charge in [0.15, 0.2) is 0 Å². The number of nitrogens with zero attached hydrogens (tertiary/aromatic N) is 1. The predicted molar refractivity (Wildman–Crippen MR) is 75.4 cm³/mol. The van der Waals surface area contributed by atoms with Gasteiger partial charge in [-0.3, -0.25) is 4.90 Å². The summed E-state index contributed by atoms with van der Waals surface area (Å²) in [7, 11) is 0. The maximum absolute atomic E-state index is 9.10. The molecule has 0 saturated carbocycles. The van der Waals surface area contributed by atoms with E-state index in [1.54, 1.807) is 0 Å². The van der Waals surface area contributed by atoms with Crippen molar-refractivity contribution in [2.75, 3.05) is 26.2 Å². The van der Waals surface area contributed by atoms with Gasteiger partial charge < -0.3 is 14.8 Å². The number of hydrogen-bond donors (Lipinski definition) is 2. The van der Waals surface area contributed by atoms with Crippen LogP contribution in [0.4, 0.5) is 0 Å². The SMILES string of the molecule is OCc1cc2cc(OCCN3CCCC3)ccc2[nH]1. The molecule has 4 heteroatoms. The van der Waals surface area contributed by atoms with Gasteiger partial charge in [-0.25, -0.2) is 0 Å². The van der Waals surface area contributed by atoms with Gasteiger partial charge in [0, 0.05) is 23.1 Å². The maximum Gasteiger partial charge on any atom is 0.120 e. The molecule has 1 fully saturated rings. The van der Waals surface area contributed by atoms with Gasteiger partial charge in [-0.15, -0.1) is 0 Å². The lowest BCUT2D eigenvalue weighted by Gasteiger charge is -2.14. The Morgan fingerprint density at radius 3 is 2.84 bits per heavy atom. The largest absolute Gasteiger partial charge is 0.492 e. The summed E-state index contributed by atoms with van der Waals surface area (Å²) in [5.74, 6) is 0.898. The average Bonchev–Trinajstić information content (AvgIpc) is 3.06. The number of likely N-dealkylation sites (tertiary alicyclic amines) is 1. The Morgan fingerprint density at radius 2 is 2.05 bits per heavy atom. The molecule has 1 aliphatic rings. The number of benzene rings is 1. The van der Waals surface area contributed by atoms with Crippen LogP contribution in [-0.2, 0) is 6.61 Å². The van der Waals surface area contributed by atoms with Gasteiger partial charge in [0.05, 0.1) is 6.61 Å². The second-order valence-electron chi connectivity index (χ2n) is 5.10. The van der Waals surface area contributed by atoms with Crippen molar-refractivity contribution in [1.29, 1.82) is 0 Å². The van der Waals surface area contributed by atoms with E-state index in [1.807, 2.05) is 24.3 Å². The van der Waals surface area contributed by atoms with E-state index in [9.17, 15) is 0 Å². The van der Waals surface area contributed by atoms with Crippen LogP contribution in [0.2, 0.25) is 0 Å². The van der Waals surface area contributed by atoms with Gasteiger partial charge >= 0.3 is 0 Å². The minimum Gasteiger partial charge on any atom is -0.492 e. The third kappa shape index (κ3) is 2.91. The number of aromatic nitrogens is 1. The molecule has 0 bridgehead atoms. The van der Waals surface area contributed by atoms with Crippen LogP contribution in [0.25, 0.3) is 10.9 Å². The molecule has 0 amide bonds. The molecule has 1 aromatic heterocycles. The third-order valence-corrected chi connectivity index (χ3v) is 3.69. The first-order valence-electron chi connectivity index (χ1n) is 6.93. The lowest BCUT2D eigenvalue weighted by molar-refractivity contribution is 0.238. The van der Waals surface area contributed by atoms with Crippen molar-refractivity contribution >= 4 is 10.9 Å². The second kappa shape index (κ2) is 5.63. The monoisotopic (exact) mass is 260 g/mol. The summed E-state index contributed by atoms with van der Waals surface area (Å²) in [6.45, 7) is 4.20. The molecule has 19 heavy (non-hydrogen) atoms. The Labute approximate surface area is 113 Å². The van der Waals surface area contributed by atoms with Crippen LogP contribution in [-0.4, -0.2) is 41.2 Å². The zero-order valence-electron chi connectivity index (χ0n) is 11.1. The molecule has 1 aliphatic heterocycles. The van der Waals surface area contributed by atoms with Gasteiger partial charge in [0.1, 0.15) is 12.4 Å². The molecule has 0 spiro atoms. The fourth-order valence-electron chi connectivity index (χ4n) is 2.64. The van der Waals surface area contributed by atoms with E-state index < -0.39 is 0 Å². The number of rotatable bonds is 5. The van der Waals surface area contributed by atoms with Crippen LogP contribution < -0.4 is 4.74 Å². The summed E-state index contributed by atoms with van der Waals surface area (Å²) < 4.78 is 5.80. The molecule has 2 N–H and O–H groups in total. The molecule has 0 unspecified atom stereocenters. The van der Waals surface area contributed by atoms with Crippen molar-refractivity contribution < 1.29 is 9.84 Å². The number of H-pyrrole nitrogens is 1. The van der Waals surface area contributed by atoms with E-state index in [2.05, 4.69) is 9.88 Å². The van der Waals surface area contributed by atoms with Crippen molar-refractivity contribution in [1.82, 2.24) is 9.88 Å². The van der Waals surface area contributed by atoms with Crippen molar-refractivity contribution in [2.45, 2.75) is 19.4 Å². The van der Waals surface area contributed by atoms with Crippen LogP contribution in [0.15, 0.2) is 24.3 Å². The van der Waals surface area contributed by atoms with Crippen LogP contribution in [0.1, 0.15) is 18.5 Å². The molecule has 1 saturated heterocycles. The number of hydrogen-bond acceptors (Lipinski definition) is 3. The Balaban J connectivity index is 1.60. The summed E-state index contributed by atoms with van der Waals surface area (Å²) in [4.78, 5) is 5.60. The number of nitrogens with one attached hydrogen (secondary N) is 1. The minimum absolute atomic E-state index is 0.0415. The van der Waals surface area contributed by atoms with Gasteiger partial charge in [0.2, 0.25) is 0 Å². The van der Waals surface area contributed by atoms with E-state index in [-0.39, 0.29) is 6.61 Å². The van der Waals surface area contributed by atoms with Gasteiger partial charge in [-0.2, -0.15) is 0 Å².